The second kappa shape index (κ2) is 6.31. The average molecular weight is 392 g/mol. The molecule has 0 aromatic heterocycles. The number of nitrogens with one attached hydrogen (secondary N) is 1. The number of nitrogens with two attached hydrogens (primary N) is 1. The maximum absolute atomic E-state index is 13.1. The molecule has 3 N–H and O–H groups in total. The van der Waals surface area contributed by atoms with E-state index in [1.54, 1.807) is 24.3 Å². The van der Waals surface area contributed by atoms with Crippen molar-refractivity contribution in [3.63, 3.8) is 0 Å². The lowest BCUT2D eigenvalue weighted by Gasteiger charge is -2.21. The molecule has 3 aromatic carbocycles. The van der Waals surface area contributed by atoms with Crippen LogP contribution in [0.5, 0.6) is 0 Å². The summed E-state index contributed by atoms with van der Waals surface area (Å²) in [6.07, 6.45) is 0. The molecule has 140 valence electrons. The number of nitrogen functional groups attached to an aromatic ring is 1. The van der Waals surface area contributed by atoms with E-state index in [4.69, 9.17) is 5.73 Å². The number of aryl methyl sites for hydroxylation is 1. The molecule has 0 unspecified atom stereocenters. The number of carbonyl (C=O) groups is 2. The van der Waals surface area contributed by atoms with E-state index >= 15 is 0 Å². The Morgan fingerprint density at radius 1 is 0.786 bits per heavy atom. The summed E-state index contributed by atoms with van der Waals surface area (Å²) in [7, 11) is -3.93. The standard InChI is InChI=1S/C21H16N2O4S/c1-12-8-10-13(11-9-12)28(26,27)23-17-7-3-5-15-19(17)21(25)14-4-2-6-16(22)18(14)20(15)24/h2-11,23H,22H2,1H3. The number of sulfonamides is 1. The minimum Gasteiger partial charge on any atom is -0.398 e. The van der Waals surface area contributed by atoms with E-state index in [2.05, 4.69) is 4.72 Å². The van der Waals surface area contributed by atoms with Gasteiger partial charge in [-0.1, -0.05) is 42.0 Å². The van der Waals surface area contributed by atoms with Gasteiger partial charge in [0.2, 0.25) is 0 Å². The van der Waals surface area contributed by atoms with Crippen molar-refractivity contribution in [3.8, 4) is 0 Å². The van der Waals surface area contributed by atoms with Crippen molar-refractivity contribution < 1.29 is 18.0 Å². The Morgan fingerprint density at radius 3 is 2.04 bits per heavy atom. The van der Waals surface area contributed by atoms with Gasteiger partial charge < -0.3 is 5.73 Å². The Balaban J connectivity index is 1.83. The van der Waals surface area contributed by atoms with Crippen molar-refractivity contribution in [2.24, 2.45) is 0 Å². The minimum atomic E-state index is -3.93. The third-order valence-corrected chi connectivity index (χ3v) is 6.06. The number of hydrogen-bond donors (Lipinski definition) is 2. The minimum absolute atomic E-state index is 0.0290. The van der Waals surface area contributed by atoms with Gasteiger partial charge in [0.1, 0.15) is 0 Å². The van der Waals surface area contributed by atoms with Gasteiger partial charge in [-0.15, -0.1) is 0 Å². The predicted octanol–water partition coefficient (Wildman–Crippen LogP) is 3.15. The van der Waals surface area contributed by atoms with Crippen molar-refractivity contribution in [2.45, 2.75) is 11.8 Å². The molecule has 0 saturated carbocycles. The van der Waals surface area contributed by atoms with Gasteiger partial charge in [-0.25, -0.2) is 8.42 Å². The summed E-state index contributed by atoms with van der Waals surface area (Å²) in [5, 5.41) is 0. The first kappa shape index (κ1) is 17.9. The van der Waals surface area contributed by atoms with E-state index in [1.807, 2.05) is 6.92 Å². The van der Waals surface area contributed by atoms with Crippen LogP contribution in [0, 0.1) is 6.92 Å². The lowest BCUT2D eigenvalue weighted by molar-refractivity contribution is 0.0980. The number of carbonyl (C=O) groups excluding carboxylic acids is 2. The van der Waals surface area contributed by atoms with E-state index < -0.39 is 21.6 Å². The maximum atomic E-state index is 13.1. The molecule has 7 heteroatoms. The van der Waals surface area contributed by atoms with Crippen LogP contribution in [0.3, 0.4) is 0 Å². The molecule has 0 atom stereocenters. The molecule has 0 fully saturated rings. The lowest BCUT2D eigenvalue weighted by atomic mass is 9.82. The van der Waals surface area contributed by atoms with E-state index in [9.17, 15) is 18.0 Å². The molecule has 1 aliphatic rings. The van der Waals surface area contributed by atoms with Gasteiger partial charge in [-0.2, -0.15) is 0 Å². The number of fused-ring (bicyclic) bond motifs is 2. The van der Waals surface area contributed by atoms with Gasteiger partial charge in [-0.05, 0) is 31.2 Å². The molecule has 0 spiro atoms. The third kappa shape index (κ3) is 2.76. The smallest absolute Gasteiger partial charge is 0.261 e. The van der Waals surface area contributed by atoms with Crippen LogP contribution in [-0.2, 0) is 10.0 Å². The Morgan fingerprint density at radius 2 is 1.36 bits per heavy atom. The fourth-order valence-electron chi connectivity index (χ4n) is 3.27. The fourth-order valence-corrected chi connectivity index (χ4v) is 4.35. The molecule has 0 amide bonds. The molecular weight excluding hydrogens is 376 g/mol. The zero-order valence-corrected chi connectivity index (χ0v) is 15.7. The van der Waals surface area contributed by atoms with Crippen molar-refractivity contribution in [3.05, 3.63) is 88.5 Å². The second-order valence-electron chi connectivity index (χ2n) is 6.57. The Bertz CT molecular complexity index is 1250. The number of hydrogen-bond acceptors (Lipinski definition) is 5. The summed E-state index contributed by atoms with van der Waals surface area (Å²) >= 11 is 0. The maximum Gasteiger partial charge on any atom is 0.261 e. The lowest BCUT2D eigenvalue weighted by Crippen LogP contribution is -2.25. The highest BCUT2D eigenvalue weighted by molar-refractivity contribution is 7.92. The van der Waals surface area contributed by atoms with Crippen LogP contribution in [0.25, 0.3) is 0 Å². The number of benzene rings is 3. The van der Waals surface area contributed by atoms with E-state index in [1.165, 1.54) is 36.4 Å². The second-order valence-corrected chi connectivity index (χ2v) is 8.26. The zero-order valence-electron chi connectivity index (χ0n) is 14.9. The normalized spacial score (nSPS) is 13.0. The monoisotopic (exact) mass is 392 g/mol. The number of anilines is 2. The van der Waals surface area contributed by atoms with Gasteiger partial charge in [0.15, 0.2) is 11.6 Å². The Hall–Kier alpha value is -3.45. The topological polar surface area (TPSA) is 106 Å². The van der Waals surface area contributed by atoms with Crippen molar-refractivity contribution in [1.29, 1.82) is 0 Å². The quantitative estimate of drug-likeness (QED) is 0.521. The molecule has 0 aliphatic heterocycles. The molecule has 1 aliphatic carbocycles. The molecule has 0 heterocycles. The van der Waals surface area contributed by atoms with Crippen LogP contribution >= 0.6 is 0 Å². The summed E-state index contributed by atoms with van der Waals surface area (Å²) in [5.74, 6) is -0.849. The van der Waals surface area contributed by atoms with Gasteiger partial charge in [0.05, 0.1) is 21.7 Å². The highest BCUT2D eigenvalue weighted by Gasteiger charge is 2.33. The summed E-state index contributed by atoms with van der Waals surface area (Å²) in [4.78, 5) is 26.0. The fraction of sp³-hybridized carbons (Fsp3) is 0.0476. The molecule has 28 heavy (non-hydrogen) atoms. The molecule has 0 radical (unpaired) electrons. The van der Waals surface area contributed by atoms with Crippen molar-refractivity contribution in [2.75, 3.05) is 10.5 Å². The van der Waals surface area contributed by atoms with Crippen molar-refractivity contribution in [1.82, 2.24) is 0 Å². The summed E-state index contributed by atoms with van der Waals surface area (Å²) in [6.45, 7) is 1.85. The molecule has 0 bridgehead atoms. The van der Waals surface area contributed by atoms with Crippen LogP contribution in [0.1, 0.15) is 37.4 Å². The van der Waals surface area contributed by atoms with Crippen LogP contribution < -0.4 is 10.5 Å². The van der Waals surface area contributed by atoms with Crippen LogP contribution in [-0.4, -0.2) is 20.0 Å². The van der Waals surface area contributed by atoms with E-state index in [-0.39, 0.29) is 38.5 Å². The first-order chi connectivity index (χ1) is 13.3. The molecule has 4 rings (SSSR count). The molecule has 3 aromatic rings. The van der Waals surface area contributed by atoms with Crippen LogP contribution in [0.15, 0.2) is 65.6 Å². The largest absolute Gasteiger partial charge is 0.398 e. The summed E-state index contributed by atoms with van der Waals surface area (Å²) in [5.41, 5.74) is 7.56. The molecule has 0 saturated heterocycles. The highest BCUT2D eigenvalue weighted by Crippen LogP contribution is 2.35. The van der Waals surface area contributed by atoms with Gasteiger partial charge in [-0.3, -0.25) is 14.3 Å². The average Bonchev–Trinajstić information content (AvgIpc) is 2.66. The third-order valence-electron chi connectivity index (χ3n) is 4.68. The Labute approximate surface area is 162 Å². The van der Waals surface area contributed by atoms with Gasteiger partial charge in [0, 0.05) is 16.8 Å². The molecule has 6 nitrogen and oxygen atoms in total. The van der Waals surface area contributed by atoms with Crippen LogP contribution in [0.2, 0.25) is 0 Å². The SMILES string of the molecule is Cc1ccc(S(=O)(=O)Nc2cccc3c2C(=O)c2cccc(N)c2C3=O)cc1. The predicted molar refractivity (Wildman–Crippen MR) is 106 cm³/mol. The van der Waals surface area contributed by atoms with Crippen molar-refractivity contribution >= 4 is 33.0 Å². The number of rotatable bonds is 3. The first-order valence-corrected chi connectivity index (χ1v) is 9.98. The van der Waals surface area contributed by atoms with Gasteiger partial charge in [0.25, 0.3) is 10.0 Å². The van der Waals surface area contributed by atoms with Gasteiger partial charge >= 0.3 is 0 Å². The van der Waals surface area contributed by atoms with E-state index in [0.717, 1.165) is 5.56 Å². The summed E-state index contributed by atoms with van der Waals surface area (Å²) in [6, 6.07) is 15.5. The Kier molecular flexibility index (Phi) is 4.05. The first-order valence-electron chi connectivity index (χ1n) is 8.50. The van der Waals surface area contributed by atoms with Crippen LogP contribution in [0.4, 0.5) is 11.4 Å². The zero-order chi connectivity index (χ0) is 20.1. The van der Waals surface area contributed by atoms with E-state index in [0.29, 0.717) is 0 Å². The molecular formula is C21H16N2O4S. The highest BCUT2D eigenvalue weighted by atomic mass is 32.2. The summed E-state index contributed by atoms with van der Waals surface area (Å²) < 4.78 is 28.0. The number of ketones is 2.